The SMILES string of the molecule is CCNC(NCC)c1ccccc1. The second-order valence-electron chi connectivity index (χ2n) is 2.96. The van der Waals surface area contributed by atoms with Gasteiger partial charge in [-0.05, 0) is 18.7 Å². The van der Waals surface area contributed by atoms with E-state index in [0.717, 1.165) is 13.1 Å². The molecule has 0 spiro atoms. The first-order chi connectivity index (χ1) is 6.38. The zero-order chi connectivity index (χ0) is 9.52. The number of nitrogens with one attached hydrogen (secondary N) is 2. The van der Waals surface area contributed by atoms with Crippen LogP contribution in [0.15, 0.2) is 30.3 Å². The number of rotatable bonds is 5. The van der Waals surface area contributed by atoms with Gasteiger partial charge in [0.1, 0.15) is 0 Å². The monoisotopic (exact) mass is 178 g/mol. The van der Waals surface area contributed by atoms with Crippen LogP contribution in [0.3, 0.4) is 0 Å². The molecule has 0 amide bonds. The third-order valence-corrected chi connectivity index (χ3v) is 1.95. The van der Waals surface area contributed by atoms with Crippen LogP contribution in [-0.4, -0.2) is 13.1 Å². The van der Waals surface area contributed by atoms with Gasteiger partial charge in [0.2, 0.25) is 0 Å². The van der Waals surface area contributed by atoms with Crippen LogP contribution in [0.4, 0.5) is 0 Å². The van der Waals surface area contributed by atoms with E-state index in [2.05, 4.69) is 48.7 Å². The molecule has 0 aromatic heterocycles. The summed E-state index contributed by atoms with van der Waals surface area (Å²) >= 11 is 0. The Labute approximate surface area is 80.4 Å². The highest BCUT2D eigenvalue weighted by Crippen LogP contribution is 2.08. The molecule has 0 aliphatic rings. The van der Waals surface area contributed by atoms with E-state index in [1.165, 1.54) is 5.56 Å². The minimum atomic E-state index is 0.288. The molecular weight excluding hydrogens is 160 g/mol. The standard InChI is InChI=1S/C11H18N2/c1-3-12-11(13-4-2)10-8-6-5-7-9-10/h5-9,11-13H,3-4H2,1-2H3. The topological polar surface area (TPSA) is 24.1 Å². The van der Waals surface area contributed by atoms with Crippen molar-refractivity contribution in [3.8, 4) is 0 Å². The molecule has 2 heteroatoms. The third kappa shape index (κ3) is 3.17. The zero-order valence-electron chi connectivity index (χ0n) is 8.38. The molecular formula is C11H18N2. The van der Waals surface area contributed by atoms with Crippen molar-refractivity contribution < 1.29 is 0 Å². The van der Waals surface area contributed by atoms with Crippen LogP contribution in [0.25, 0.3) is 0 Å². The highest BCUT2D eigenvalue weighted by molar-refractivity contribution is 5.18. The summed E-state index contributed by atoms with van der Waals surface area (Å²) in [6.07, 6.45) is 0.288. The Kier molecular flexibility index (Phi) is 4.50. The minimum Gasteiger partial charge on any atom is -0.298 e. The maximum Gasteiger partial charge on any atom is 0.0835 e. The maximum atomic E-state index is 3.39. The van der Waals surface area contributed by atoms with E-state index in [9.17, 15) is 0 Å². The van der Waals surface area contributed by atoms with Crippen LogP contribution in [0.5, 0.6) is 0 Å². The quantitative estimate of drug-likeness (QED) is 0.673. The molecule has 0 saturated heterocycles. The van der Waals surface area contributed by atoms with Crippen molar-refractivity contribution in [1.29, 1.82) is 0 Å². The van der Waals surface area contributed by atoms with Crippen molar-refractivity contribution >= 4 is 0 Å². The van der Waals surface area contributed by atoms with Gasteiger partial charge in [0, 0.05) is 0 Å². The predicted molar refractivity (Wildman–Crippen MR) is 56.5 cm³/mol. The summed E-state index contributed by atoms with van der Waals surface area (Å²) < 4.78 is 0. The van der Waals surface area contributed by atoms with E-state index < -0.39 is 0 Å². The lowest BCUT2D eigenvalue weighted by Gasteiger charge is -2.18. The molecule has 2 N–H and O–H groups in total. The third-order valence-electron chi connectivity index (χ3n) is 1.95. The lowest BCUT2D eigenvalue weighted by molar-refractivity contribution is 0.462. The molecule has 0 atom stereocenters. The summed E-state index contributed by atoms with van der Waals surface area (Å²) in [6.45, 7) is 6.19. The molecule has 0 unspecified atom stereocenters. The molecule has 1 rings (SSSR count). The molecule has 1 aromatic rings. The first-order valence-corrected chi connectivity index (χ1v) is 4.90. The summed E-state index contributed by atoms with van der Waals surface area (Å²) in [5.74, 6) is 0. The van der Waals surface area contributed by atoms with Crippen LogP contribution in [-0.2, 0) is 0 Å². The Morgan fingerprint density at radius 1 is 1.00 bits per heavy atom. The summed E-state index contributed by atoms with van der Waals surface area (Å²) in [5.41, 5.74) is 1.30. The van der Waals surface area contributed by atoms with Crippen molar-refractivity contribution in [3.05, 3.63) is 35.9 Å². The summed E-state index contributed by atoms with van der Waals surface area (Å²) in [6, 6.07) is 10.4. The van der Waals surface area contributed by atoms with Crippen LogP contribution in [0, 0.1) is 0 Å². The van der Waals surface area contributed by atoms with Gasteiger partial charge in [0.25, 0.3) is 0 Å². The van der Waals surface area contributed by atoms with Crippen molar-refractivity contribution in [2.24, 2.45) is 0 Å². The van der Waals surface area contributed by atoms with E-state index in [1.807, 2.05) is 6.07 Å². The first kappa shape index (κ1) is 10.2. The van der Waals surface area contributed by atoms with Gasteiger partial charge in [-0.15, -0.1) is 0 Å². The molecule has 0 aliphatic heterocycles. The van der Waals surface area contributed by atoms with Crippen molar-refractivity contribution in [3.63, 3.8) is 0 Å². The maximum absolute atomic E-state index is 3.39. The molecule has 0 aliphatic carbocycles. The fourth-order valence-electron chi connectivity index (χ4n) is 1.36. The average molecular weight is 178 g/mol. The number of benzene rings is 1. The van der Waals surface area contributed by atoms with Gasteiger partial charge >= 0.3 is 0 Å². The smallest absolute Gasteiger partial charge is 0.0835 e. The van der Waals surface area contributed by atoms with Gasteiger partial charge in [-0.25, -0.2) is 0 Å². The van der Waals surface area contributed by atoms with Gasteiger partial charge in [0.05, 0.1) is 6.17 Å². The molecule has 0 heterocycles. The fraction of sp³-hybridized carbons (Fsp3) is 0.455. The lowest BCUT2D eigenvalue weighted by Crippen LogP contribution is -2.33. The zero-order valence-corrected chi connectivity index (χ0v) is 8.38. The van der Waals surface area contributed by atoms with E-state index in [-0.39, 0.29) is 6.17 Å². The second-order valence-corrected chi connectivity index (χ2v) is 2.96. The molecule has 0 radical (unpaired) electrons. The van der Waals surface area contributed by atoms with Crippen LogP contribution < -0.4 is 10.6 Å². The number of hydrogen-bond acceptors (Lipinski definition) is 2. The largest absolute Gasteiger partial charge is 0.298 e. The van der Waals surface area contributed by atoms with Crippen LogP contribution in [0.1, 0.15) is 25.6 Å². The Morgan fingerprint density at radius 3 is 2.00 bits per heavy atom. The van der Waals surface area contributed by atoms with Gasteiger partial charge in [-0.2, -0.15) is 0 Å². The normalized spacial score (nSPS) is 10.7. The minimum absolute atomic E-state index is 0.288. The fourth-order valence-corrected chi connectivity index (χ4v) is 1.36. The van der Waals surface area contributed by atoms with Crippen molar-refractivity contribution in [2.75, 3.05) is 13.1 Å². The molecule has 0 saturated carbocycles. The average Bonchev–Trinajstić information content (AvgIpc) is 2.19. The van der Waals surface area contributed by atoms with E-state index >= 15 is 0 Å². The molecule has 0 fully saturated rings. The summed E-state index contributed by atoms with van der Waals surface area (Å²) in [7, 11) is 0. The summed E-state index contributed by atoms with van der Waals surface area (Å²) in [5, 5.41) is 6.78. The predicted octanol–water partition coefficient (Wildman–Crippen LogP) is 1.90. The van der Waals surface area contributed by atoms with Crippen molar-refractivity contribution in [1.82, 2.24) is 10.6 Å². The van der Waals surface area contributed by atoms with Gasteiger partial charge in [0.15, 0.2) is 0 Å². The Morgan fingerprint density at radius 2 is 1.54 bits per heavy atom. The Hall–Kier alpha value is -0.860. The molecule has 0 bridgehead atoms. The highest BCUT2D eigenvalue weighted by atomic mass is 15.1. The lowest BCUT2D eigenvalue weighted by atomic mass is 10.1. The van der Waals surface area contributed by atoms with Crippen LogP contribution >= 0.6 is 0 Å². The van der Waals surface area contributed by atoms with E-state index in [1.54, 1.807) is 0 Å². The molecule has 13 heavy (non-hydrogen) atoms. The van der Waals surface area contributed by atoms with Gasteiger partial charge in [-0.1, -0.05) is 44.2 Å². The Bertz CT molecular complexity index is 215. The van der Waals surface area contributed by atoms with Gasteiger partial charge in [-0.3, -0.25) is 10.6 Å². The number of hydrogen-bond donors (Lipinski definition) is 2. The summed E-state index contributed by atoms with van der Waals surface area (Å²) in [4.78, 5) is 0. The van der Waals surface area contributed by atoms with E-state index in [4.69, 9.17) is 0 Å². The second kappa shape index (κ2) is 5.73. The highest BCUT2D eigenvalue weighted by Gasteiger charge is 2.05. The molecule has 72 valence electrons. The molecule has 1 aromatic carbocycles. The van der Waals surface area contributed by atoms with Crippen LogP contribution in [0.2, 0.25) is 0 Å². The van der Waals surface area contributed by atoms with E-state index in [0.29, 0.717) is 0 Å². The molecule has 2 nitrogen and oxygen atoms in total. The van der Waals surface area contributed by atoms with Gasteiger partial charge < -0.3 is 0 Å². The Balaban J connectivity index is 2.64. The first-order valence-electron chi connectivity index (χ1n) is 4.90. The van der Waals surface area contributed by atoms with Crippen molar-refractivity contribution in [2.45, 2.75) is 20.0 Å².